The molecule has 1 rings (SSSR count). The molecule has 0 fully saturated rings. The predicted molar refractivity (Wildman–Crippen MR) is 87.9 cm³/mol. The van der Waals surface area contributed by atoms with Crippen molar-refractivity contribution in [3.05, 3.63) is 27.7 Å². The molecule has 3 nitrogen and oxygen atoms in total. The number of nitrogens with two attached hydrogens (primary N) is 1. The normalized spacial score (nSPS) is 12.8. The number of nitrogens with zero attached hydrogens (tertiary/aromatic N) is 1. The maximum absolute atomic E-state index is 9.02. The van der Waals surface area contributed by atoms with Crippen LogP contribution < -0.4 is 10.5 Å². The lowest BCUT2D eigenvalue weighted by Crippen LogP contribution is -2.22. The van der Waals surface area contributed by atoms with Gasteiger partial charge in [-0.05, 0) is 50.8 Å². The van der Waals surface area contributed by atoms with Crippen LogP contribution in [0.5, 0.6) is 5.75 Å². The van der Waals surface area contributed by atoms with E-state index >= 15 is 0 Å². The summed E-state index contributed by atoms with van der Waals surface area (Å²) in [6.07, 6.45) is 2.15. The highest BCUT2D eigenvalue weighted by Gasteiger charge is 2.18. The summed E-state index contributed by atoms with van der Waals surface area (Å²) < 4.78 is 5.81. The highest BCUT2D eigenvalue weighted by molar-refractivity contribution is 6.35. The molecule has 2 N–H and O–H groups in total. The quantitative estimate of drug-likeness (QED) is 0.796. The van der Waals surface area contributed by atoms with Gasteiger partial charge in [-0.3, -0.25) is 0 Å². The zero-order valence-electron chi connectivity index (χ0n) is 12.7. The van der Waals surface area contributed by atoms with E-state index in [1.165, 1.54) is 0 Å². The molecule has 0 saturated heterocycles. The van der Waals surface area contributed by atoms with Gasteiger partial charge in [0.15, 0.2) is 0 Å². The Bertz CT molecular complexity index is 524. The fourth-order valence-electron chi connectivity index (χ4n) is 1.82. The number of rotatable bonds is 7. The molecule has 0 aliphatic carbocycles. The topological polar surface area (TPSA) is 59.0 Å². The second-order valence-electron chi connectivity index (χ2n) is 5.84. The van der Waals surface area contributed by atoms with Gasteiger partial charge in [0.2, 0.25) is 0 Å². The Balaban J connectivity index is 2.87. The van der Waals surface area contributed by atoms with Crippen molar-refractivity contribution in [2.24, 2.45) is 11.1 Å². The van der Waals surface area contributed by atoms with Crippen molar-refractivity contribution >= 4 is 23.2 Å². The van der Waals surface area contributed by atoms with Crippen molar-refractivity contribution in [1.29, 1.82) is 5.26 Å². The molecule has 0 spiro atoms. The summed E-state index contributed by atoms with van der Waals surface area (Å²) in [7, 11) is 0. The Labute approximate surface area is 137 Å². The van der Waals surface area contributed by atoms with E-state index in [-0.39, 0.29) is 6.04 Å². The molecule has 1 atom stereocenters. The van der Waals surface area contributed by atoms with E-state index in [0.717, 1.165) is 12.0 Å². The van der Waals surface area contributed by atoms with E-state index in [1.54, 1.807) is 6.07 Å². The van der Waals surface area contributed by atoms with Crippen molar-refractivity contribution < 1.29 is 4.74 Å². The van der Waals surface area contributed by atoms with Gasteiger partial charge < -0.3 is 10.5 Å². The van der Waals surface area contributed by atoms with Gasteiger partial charge in [0.1, 0.15) is 5.75 Å². The lowest BCUT2D eigenvalue weighted by molar-refractivity contribution is 0.262. The summed E-state index contributed by atoms with van der Waals surface area (Å²) in [6.45, 7) is 6.23. The van der Waals surface area contributed by atoms with Gasteiger partial charge in [0.05, 0.1) is 23.1 Å². The van der Waals surface area contributed by atoms with E-state index in [1.807, 2.05) is 26.8 Å². The Morgan fingerprint density at radius 2 is 2.05 bits per heavy atom. The summed E-state index contributed by atoms with van der Waals surface area (Å²) in [5.41, 5.74) is 6.50. The van der Waals surface area contributed by atoms with Crippen molar-refractivity contribution in [3.8, 4) is 11.8 Å². The maximum atomic E-state index is 9.02. The summed E-state index contributed by atoms with van der Waals surface area (Å²) in [5.74, 6) is 0.624. The molecule has 0 amide bonds. The lowest BCUT2D eigenvalue weighted by Gasteiger charge is -2.19. The standard InChI is InChI=1S/C16H22Cl2N2O/c1-4-13(20)8-11-7-12(17)9-14(18)15(11)21-6-5-16(2,3)10-19/h7,9,13H,4-6,8,20H2,1-3H3. The molecule has 0 aliphatic heterocycles. The zero-order valence-corrected chi connectivity index (χ0v) is 14.3. The van der Waals surface area contributed by atoms with E-state index in [0.29, 0.717) is 35.2 Å². The van der Waals surface area contributed by atoms with Gasteiger partial charge in [-0.25, -0.2) is 0 Å². The first kappa shape index (κ1) is 18.1. The third-order valence-electron chi connectivity index (χ3n) is 3.37. The maximum Gasteiger partial charge on any atom is 0.141 e. The van der Waals surface area contributed by atoms with Crippen LogP contribution in [0.2, 0.25) is 10.0 Å². The molecule has 1 aromatic carbocycles. The van der Waals surface area contributed by atoms with Gasteiger partial charge in [-0.15, -0.1) is 0 Å². The monoisotopic (exact) mass is 328 g/mol. The zero-order chi connectivity index (χ0) is 16.0. The third-order valence-corrected chi connectivity index (χ3v) is 3.87. The lowest BCUT2D eigenvalue weighted by atomic mass is 9.92. The molecule has 0 aromatic heterocycles. The Hall–Kier alpha value is -0.950. The Kier molecular flexibility index (Phi) is 6.80. The van der Waals surface area contributed by atoms with Crippen molar-refractivity contribution in [1.82, 2.24) is 0 Å². The average molecular weight is 329 g/mol. The van der Waals surface area contributed by atoms with E-state index < -0.39 is 5.41 Å². The number of nitriles is 1. The number of benzene rings is 1. The number of ether oxygens (including phenoxy) is 1. The van der Waals surface area contributed by atoms with Crippen LogP contribution in [0.1, 0.15) is 39.2 Å². The second kappa shape index (κ2) is 7.89. The predicted octanol–water partition coefficient (Wildman–Crippen LogP) is 4.59. The van der Waals surface area contributed by atoms with E-state index in [4.69, 9.17) is 38.9 Å². The number of hydrogen-bond acceptors (Lipinski definition) is 3. The molecule has 21 heavy (non-hydrogen) atoms. The molecular weight excluding hydrogens is 307 g/mol. The van der Waals surface area contributed by atoms with Crippen molar-refractivity contribution in [3.63, 3.8) is 0 Å². The molecule has 1 unspecified atom stereocenters. The fraction of sp³-hybridized carbons (Fsp3) is 0.562. The largest absolute Gasteiger partial charge is 0.492 e. The highest BCUT2D eigenvalue weighted by atomic mass is 35.5. The first-order chi connectivity index (χ1) is 9.79. The van der Waals surface area contributed by atoms with Crippen LogP contribution in [-0.2, 0) is 6.42 Å². The minimum atomic E-state index is -0.418. The van der Waals surface area contributed by atoms with Crippen LogP contribution in [0.3, 0.4) is 0 Å². The van der Waals surface area contributed by atoms with Crippen LogP contribution in [0, 0.1) is 16.7 Å². The molecule has 0 bridgehead atoms. The molecular formula is C16H22Cl2N2O. The van der Waals surface area contributed by atoms with E-state index in [9.17, 15) is 0 Å². The number of halogens is 2. The minimum absolute atomic E-state index is 0.0393. The Morgan fingerprint density at radius 3 is 2.62 bits per heavy atom. The van der Waals surface area contributed by atoms with Gasteiger partial charge in [0, 0.05) is 11.1 Å². The van der Waals surface area contributed by atoms with Crippen LogP contribution in [0.4, 0.5) is 0 Å². The van der Waals surface area contributed by atoms with E-state index in [2.05, 4.69) is 6.07 Å². The Morgan fingerprint density at radius 1 is 1.38 bits per heavy atom. The summed E-state index contributed by atoms with van der Waals surface area (Å²) in [4.78, 5) is 0. The number of hydrogen-bond donors (Lipinski definition) is 1. The van der Waals surface area contributed by atoms with Gasteiger partial charge in [0.25, 0.3) is 0 Å². The molecule has 116 valence electrons. The third kappa shape index (κ3) is 5.74. The van der Waals surface area contributed by atoms with Crippen molar-refractivity contribution in [2.45, 2.75) is 46.1 Å². The first-order valence-electron chi connectivity index (χ1n) is 7.06. The fourth-order valence-corrected chi connectivity index (χ4v) is 2.41. The van der Waals surface area contributed by atoms with Gasteiger partial charge >= 0.3 is 0 Å². The van der Waals surface area contributed by atoms with Gasteiger partial charge in [-0.1, -0.05) is 30.1 Å². The molecule has 0 heterocycles. The minimum Gasteiger partial charge on any atom is -0.492 e. The second-order valence-corrected chi connectivity index (χ2v) is 6.69. The first-order valence-corrected chi connectivity index (χ1v) is 7.82. The summed E-state index contributed by atoms with van der Waals surface area (Å²) >= 11 is 12.3. The smallest absolute Gasteiger partial charge is 0.141 e. The summed E-state index contributed by atoms with van der Waals surface area (Å²) in [5, 5.41) is 10.1. The average Bonchev–Trinajstić information content (AvgIpc) is 2.41. The van der Waals surface area contributed by atoms with Gasteiger partial charge in [-0.2, -0.15) is 5.26 Å². The van der Waals surface area contributed by atoms with Crippen LogP contribution in [0.15, 0.2) is 12.1 Å². The summed E-state index contributed by atoms with van der Waals surface area (Å²) in [6, 6.07) is 5.80. The molecule has 0 saturated carbocycles. The van der Waals surface area contributed by atoms with Crippen LogP contribution in [0.25, 0.3) is 0 Å². The molecule has 0 aliphatic rings. The molecule has 5 heteroatoms. The highest BCUT2D eigenvalue weighted by Crippen LogP contribution is 2.34. The van der Waals surface area contributed by atoms with Crippen molar-refractivity contribution in [2.75, 3.05) is 6.61 Å². The molecule has 0 radical (unpaired) electrons. The SMILES string of the molecule is CCC(N)Cc1cc(Cl)cc(Cl)c1OCCC(C)(C)C#N. The molecule has 1 aromatic rings. The van der Waals surface area contributed by atoms with Crippen LogP contribution in [-0.4, -0.2) is 12.6 Å². The van der Waals surface area contributed by atoms with Crippen LogP contribution >= 0.6 is 23.2 Å².